The molecule has 1 saturated heterocycles. The molecule has 0 amide bonds. The lowest BCUT2D eigenvalue weighted by Gasteiger charge is -2.32. The zero-order valence-electron chi connectivity index (χ0n) is 15.1. The van der Waals surface area contributed by atoms with E-state index in [4.69, 9.17) is 5.73 Å². The Morgan fingerprint density at radius 2 is 1.68 bits per heavy atom. The lowest BCUT2D eigenvalue weighted by Crippen LogP contribution is -2.29. The van der Waals surface area contributed by atoms with Gasteiger partial charge in [-0.05, 0) is 37.6 Å². The van der Waals surface area contributed by atoms with Gasteiger partial charge in [0.1, 0.15) is 0 Å². The Kier molecular flexibility index (Phi) is 7.09. The van der Waals surface area contributed by atoms with E-state index in [1.165, 1.54) is 43.5 Å². The van der Waals surface area contributed by atoms with Crippen LogP contribution in [-0.4, -0.2) is 18.5 Å². The summed E-state index contributed by atoms with van der Waals surface area (Å²) in [6.45, 7) is 2.51. The van der Waals surface area contributed by atoms with Crippen molar-refractivity contribution in [3.8, 4) is 0 Å². The minimum absolute atomic E-state index is 0.0275. The van der Waals surface area contributed by atoms with Gasteiger partial charge in [-0.3, -0.25) is 4.90 Å². The van der Waals surface area contributed by atoms with Crippen LogP contribution in [0.2, 0.25) is 0 Å². The fourth-order valence-electron chi connectivity index (χ4n) is 3.10. The van der Waals surface area contributed by atoms with E-state index in [9.17, 15) is 8.78 Å². The van der Waals surface area contributed by atoms with Gasteiger partial charge in [0.25, 0.3) is 5.92 Å². The van der Waals surface area contributed by atoms with Crippen LogP contribution < -0.4 is 5.73 Å². The Hall–Kier alpha value is -1.78. The first-order valence-electron chi connectivity index (χ1n) is 8.84. The molecular formula is C21H28F2N2. The third kappa shape index (κ3) is 5.91. The molecule has 1 atom stereocenters. The molecular weight excluding hydrogens is 318 g/mol. The summed E-state index contributed by atoms with van der Waals surface area (Å²) in [5.74, 6) is -2.76. The fraction of sp³-hybridized carbons (Fsp3) is 0.429. The van der Waals surface area contributed by atoms with E-state index in [1.807, 2.05) is 0 Å². The smallest absolute Gasteiger partial charge is 0.270 e. The molecule has 1 heterocycles. The summed E-state index contributed by atoms with van der Waals surface area (Å²) in [5, 5.41) is 0. The predicted molar refractivity (Wildman–Crippen MR) is 99.6 cm³/mol. The highest BCUT2D eigenvalue weighted by Gasteiger charge is 2.23. The lowest BCUT2D eigenvalue weighted by molar-refractivity contribution is 0.0174. The fourth-order valence-corrected chi connectivity index (χ4v) is 3.10. The van der Waals surface area contributed by atoms with Crippen LogP contribution >= 0.6 is 0 Å². The molecule has 2 N–H and O–H groups in total. The molecule has 1 unspecified atom stereocenters. The van der Waals surface area contributed by atoms with Gasteiger partial charge >= 0.3 is 0 Å². The number of benzene rings is 2. The zero-order valence-corrected chi connectivity index (χ0v) is 15.1. The monoisotopic (exact) mass is 346 g/mol. The van der Waals surface area contributed by atoms with Crippen molar-refractivity contribution in [1.29, 1.82) is 0 Å². The van der Waals surface area contributed by atoms with Crippen molar-refractivity contribution < 1.29 is 8.78 Å². The summed E-state index contributed by atoms with van der Waals surface area (Å²) in [4.78, 5) is 2.47. The van der Waals surface area contributed by atoms with Crippen LogP contribution in [-0.2, 0) is 12.5 Å². The first-order valence-corrected chi connectivity index (χ1v) is 8.84. The molecule has 2 aromatic rings. The minimum Gasteiger partial charge on any atom is -0.326 e. The third-order valence-corrected chi connectivity index (χ3v) is 4.65. The number of piperidine rings is 1. The van der Waals surface area contributed by atoms with Crippen LogP contribution in [0.25, 0.3) is 0 Å². The molecule has 2 aromatic carbocycles. The number of nitrogens with zero attached hydrogens (tertiary/aromatic N) is 1. The molecule has 0 spiro atoms. The van der Waals surface area contributed by atoms with Crippen LogP contribution in [0.5, 0.6) is 0 Å². The van der Waals surface area contributed by atoms with Crippen molar-refractivity contribution in [2.75, 3.05) is 13.6 Å². The number of rotatable bonds is 3. The summed E-state index contributed by atoms with van der Waals surface area (Å²) in [6.07, 6.45) is 4.06. The Bertz CT molecular complexity index is 621. The average Bonchev–Trinajstić information content (AvgIpc) is 2.63. The highest BCUT2D eigenvalue weighted by molar-refractivity contribution is 5.25. The van der Waals surface area contributed by atoms with Crippen molar-refractivity contribution in [1.82, 2.24) is 4.90 Å². The molecule has 0 aliphatic carbocycles. The number of hydrogen-bond donors (Lipinski definition) is 1. The molecule has 2 nitrogen and oxygen atoms in total. The van der Waals surface area contributed by atoms with E-state index < -0.39 is 5.92 Å². The van der Waals surface area contributed by atoms with E-state index in [0.717, 1.165) is 12.5 Å². The summed E-state index contributed by atoms with van der Waals surface area (Å²) in [7, 11) is 2.23. The van der Waals surface area contributed by atoms with Crippen LogP contribution in [0.4, 0.5) is 8.78 Å². The van der Waals surface area contributed by atoms with Crippen molar-refractivity contribution >= 4 is 0 Å². The molecule has 3 rings (SSSR count). The second kappa shape index (κ2) is 9.07. The Morgan fingerprint density at radius 3 is 2.20 bits per heavy atom. The van der Waals surface area contributed by atoms with Crippen molar-refractivity contribution in [3.63, 3.8) is 0 Å². The SMILES string of the molecule is CC(F)(F)c1ccc(CN)cc1.CN1CCCCC1c1ccccc1. The number of hydrogen-bond acceptors (Lipinski definition) is 2. The van der Waals surface area contributed by atoms with E-state index in [-0.39, 0.29) is 5.56 Å². The molecule has 0 radical (unpaired) electrons. The van der Waals surface area contributed by atoms with E-state index >= 15 is 0 Å². The van der Waals surface area contributed by atoms with Crippen LogP contribution in [0, 0.1) is 0 Å². The number of alkyl halides is 2. The molecule has 1 aliphatic heterocycles. The van der Waals surface area contributed by atoms with Gasteiger partial charge in [0, 0.05) is 25.1 Å². The second-order valence-corrected chi connectivity index (χ2v) is 6.69. The molecule has 0 bridgehead atoms. The van der Waals surface area contributed by atoms with Gasteiger partial charge in [0.05, 0.1) is 0 Å². The summed E-state index contributed by atoms with van der Waals surface area (Å²) >= 11 is 0. The third-order valence-electron chi connectivity index (χ3n) is 4.65. The topological polar surface area (TPSA) is 29.3 Å². The zero-order chi connectivity index (χ0) is 18.3. The van der Waals surface area contributed by atoms with Gasteiger partial charge in [-0.2, -0.15) is 0 Å². The Balaban J connectivity index is 0.000000181. The molecule has 25 heavy (non-hydrogen) atoms. The minimum atomic E-state index is -2.76. The number of halogens is 2. The molecule has 4 heteroatoms. The maximum Gasteiger partial charge on any atom is 0.270 e. The van der Waals surface area contributed by atoms with Gasteiger partial charge in [0.15, 0.2) is 0 Å². The summed E-state index contributed by atoms with van der Waals surface area (Å²) < 4.78 is 25.3. The van der Waals surface area contributed by atoms with E-state index in [0.29, 0.717) is 12.6 Å². The highest BCUT2D eigenvalue weighted by atomic mass is 19.3. The van der Waals surface area contributed by atoms with Crippen LogP contribution in [0.1, 0.15) is 48.9 Å². The van der Waals surface area contributed by atoms with Gasteiger partial charge in [-0.25, -0.2) is 8.78 Å². The predicted octanol–water partition coefficient (Wildman–Crippen LogP) is 5.10. The molecule has 0 aromatic heterocycles. The van der Waals surface area contributed by atoms with Gasteiger partial charge in [-0.15, -0.1) is 0 Å². The largest absolute Gasteiger partial charge is 0.326 e. The lowest BCUT2D eigenvalue weighted by atomic mass is 9.96. The molecule has 136 valence electrons. The quantitative estimate of drug-likeness (QED) is 0.838. The summed E-state index contributed by atoms with van der Waals surface area (Å²) in [6, 6.07) is 17.6. The van der Waals surface area contributed by atoms with Crippen molar-refractivity contribution in [2.24, 2.45) is 5.73 Å². The Labute approximate surface area is 149 Å². The number of likely N-dealkylation sites (tertiary alicyclic amines) is 1. The van der Waals surface area contributed by atoms with Crippen LogP contribution in [0.3, 0.4) is 0 Å². The summed E-state index contributed by atoms with van der Waals surface area (Å²) in [5.41, 5.74) is 7.69. The van der Waals surface area contributed by atoms with Crippen molar-refractivity contribution in [3.05, 3.63) is 71.3 Å². The standard InChI is InChI=1S/C12H17N.C9H11F2N/c1-13-10-6-5-9-12(13)11-7-3-2-4-8-11;1-9(10,11)8-4-2-7(6-12)3-5-8/h2-4,7-8,12H,5-6,9-10H2,1H3;2-5H,6,12H2,1H3. The second-order valence-electron chi connectivity index (χ2n) is 6.69. The van der Waals surface area contributed by atoms with Gasteiger partial charge in [0.2, 0.25) is 0 Å². The van der Waals surface area contributed by atoms with Crippen molar-refractivity contribution in [2.45, 2.75) is 44.7 Å². The van der Waals surface area contributed by atoms with E-state index in [1.54, 1.807) is 12.1 Å². The molecule has 1 aliphatic rings. The van der Waals surface area contributed by atoms with Gasteiger partial charge < -0.3 is 5.73 Å². The van der Waals surface area contributed by atoms with Crippen LogP contribution in [0.15, 0.2) is 54.6 Å². The average molecular weight is 346 g/mol. The maximum atomic E-state index is 12.7. The first-order chi connectivity index (χ1) is 11.9. The first kappa shape index (κ1) is 19.5. The van der Waals surface area contributed by atoms with Gasteiger partial charge in [-0.1, -0.05) is 61.0 Å². The highest BCUT2D eigenvalue weighted by Crippen LogP contribution is 2.29. The normalized spacial score (nSPS) is 18.4. The molecule has 1 fully saturated rings. The molecule has 0 saturated carbocycles. The number of nitrogens with two attached hydrogens (primary N) is 1. The Morgan fingerprint density at radius 1 is 1.04 bits per heavy atom. The van der Waals surface area contributed by atoms with E-state index in [2.05, 4.69) is 42.3 Å². The maximum absolute atomic E-state index is 12.7.